The van der Waals surface area contributed by atoms with E-state index in [0.717, 1.165) is 24.3 Å². The number of sulfone groups is 1. The Kier molecular flexibility index (Phi) is 5.58. The van der Waals surface area contributed by atoms with Gasteiger partial charge in [0, 0.05) is 11.6 Å². The van der Waals surface area contributed by atoms with E-state index in [4.69, 9.17) is 9.47 Å². The van der Waals surface area contributed by atoms with Gasteiger partial charge in [-0.2, -0.15) is 8.78 Å². The van der Waals surface area contributed by atoms with Crippen LogP contribution >= 0.6 is 0 Å². The van der Waals surface area contributed by atoms with Crippen LogP contribution < -0.4 is 14.8 Å². The third-order valence-corrected chi connectivity index (χ3v) is 4.73. The van der Waals surface area contributed by atoms with Gasteiger partial charge in [0.1, 0.15) is 11.5 Å². The lowest BCUT2D eigenvalue weighted by molar-refractivity contribution is 0.102. The maximum absolute atomic E-state index is 12.5. The maximum Gasteiger partial charge on any atom is 0.341 e. The minimum absolute atomic E-state index is 0.0955. The summed E-state index contributed by atoms with van der Waals surface area (Å²) in [4.78, 5) is 11.7. The summed E-state index contributed by atoms with van der Waals surface area (Å²) in [5.41, 5.74) is 0.439. The highest BCUT2D eigenvalue weighted by molar-refractivity contribution is 7.91. The molecule has 1 N–H and O–H groups in total. The molecule has 0 unspecified atom stereocenters. The normalized spacial score (nSPS) is 11.2. The van der Waals surface area contributed by atoms with E-state index in [-0.39, 0.29) is 5.56 Å². The Labute approximate surface area is 143 Å². The van der Waals surface area contributed by atoms with Crippen molar-refractivity contribution >= 4 is 21.4 Å². The molecule has 0 aliphatic rings. The van der Waals surface area contributed by atoms with Crippen LogP contribution in [0, 0.1) is 0 Å². The second-order valence-corrected chi connectivity index (χ2v) is 6.77. The van der Waals surface area contributed by atoms with Gasteiger partial charge < -0.3 is 14.8 Å². The number of methoxy groups -OCH3 is 2. The summed E-state index contributed by atoms with van der Waals surface area (Å²) >= 11 is 0. The third-order valence-electron chi connectivity index (χ3n) is 3.33. The molecule has 9 heteroatoms. The number of ether oxygens (including phenoxy) is 2. The molecule has 0 radical (unpaired) electrons. The molecule has 0 saturated heterocycles. The molecule has 2 aromatic carbocycles. The number of nitrogens with one attached hydrogen (secondary N) is 1. The smallest absolute Gasteiger partial charge is 0.341 e. The summed E-state index contributed by atoms with van der Waals surface area (Å²) in [7, 11) is -1.80. The molecule has 134 valence electrons. The Bertz CT molecular complexity index is 867. The molecule has 0 saturated carbocycles. The fraction of sp³-hybridized carbons (Fsp3) is 0.188. The first-order valence-corrected chi connectivity index (χ1v) is 8.49. The molecular formula is C16H15F2NO5S. The van der Waals surface area contributed by atoms with E-state index in [1.54, 1.807) is 18.2 Å². The quantitative estimate of drug-likeness (QED) is 0.844. The van der Waals surface area contributed by atoms with Gasteiger partial charge in [-0.3, -0.25) is 4.79 Å². The summed E-state index contributed by atoms with van der Waals surface area (Å²) in [6.07, 6.45) is 0. The van der Waals surface area contributed by atoms with E-state index in [0.29, 0.717) is 17.2 Å². The van der Waals surface area contributed by atoms with Crippen LogP contribution in [0.25, 0.3) is 0 Å². The van der Waals surface area contributed by atoms with Crippen LogP contribution in [0.3, 0.4) is 0 Å². The van der Waals surface area contributed by atoms with Crippen molar-refractivity contribution in [3.63, 3.8) is 0 Å². The van der Waals surface area contributed by atoms with E-state index in [9.17, 15) is 22.0 Å². The lowest BCUT2D eigenvalue weighted by atomic mass is 10.2. The van der Waals surface area contributed by atoms with Crippen molar-refractivity contribution in [2.75, 3.05) is 19.5 Å². The van der Waals surface area contributed by atoms with Gasteiger partial charge >= 0.3 is 5.76 Å². The van der Waals surface area contributed by atoms with Gasteiger partial charge in [0.15, 0.2) is 0 Å². The molecule has 0 fully saturated rings. The molecule has 0 heterocycles. The van der Waals surface area contributed by atoms with Gasteiger partial charge in [0.05, 0.1) is 24.8 Å². The number of anilines is 1. The number of carbonyl (C=O) groups excluding carboxylic acids is 1. The molecule has 2 rings (SSSR count). The van der Waals surface area contributed by atoms with Crippen LogP contribution in [-0.4, -0.2) is 34.3 Å². The molecule has 1 amide bonds. The summed E-state index contributed by atoms with van der Waals surface area (Å²) in [5, 5.41) is 2.59. The summed E-state index contributed by atoms with van der Waals surface area (Å²) in [5.74, 6) is -3.19. The zero-order valence-corrected chi connectivity index (χ0v) is 14.1. The minimum Gasteiger partial charge on any atom is -0.497 e. The first-order chi connectivity index (χ1) is 11.8. The first-order valence-electron chi connectivity index (χ1n) is 6.95. The highest BCUT2D eigenvalue weighted by Gasteiger charge is 2.26. The highest BCUT2D eigenvalue weighted by Crippen LogP contribution is 2.29. The van der Waals surface area contributed by atoms with Crippen molar-refractivity contribution in [2.24, 2.45) is 0 Å². The summed E-state index contributed by atoms with van der Waals surface area (Å²) in [6.45, 7) is 0. The lowest BCUT2D eigenvalue weighted by Crippen LogP contribution is -2.14. The Hall–Kier alpha value is -2.68. The topological polar surface area (TPSA) is 81.7 Å². The fourth-order valence-corrected chi connectivity index (χ4v) is 2.73. The second-order valence-electron chi connectivity index (χ2n) is 4.85. The Balaban J connectivity index is 2.25. The van der Waals surface area contributed by atoms with Crippen molar-refractivity contribution in [3.05, 3.63) is 48.0 Å². The van der Waals surface area contributed by atoms with Crippen LogP contribution in [0.1, 0.15) is 10.4 Å². The van der Waals surface area contributed by atoms with E-state index < -0.39 is 26.4 Å². The Morgan fingerprint density at radius 2 is 1.68 bits per heavy atom. The number of alkyl halides is 2. The zero-order chi connectivity index (χ0) is 18.6. The van der Waals surface area contributed by atoms with Gasteiger partial charge in [-0.15, -0.1) is 0 Å². The predicted octanol–water partition coefficient (Wildman–Crippen LogP) is 2.95. The van der Waals surface area contributed by atoms with Crippen LogP contribution in [0.2, 0.25) is 0 Å². The predicted molar refractivity (Wildman–Crippen MR) is 87.1 cm³/mol. The molecular weight excluding hydrogens is 356 g/mol. The van der Waals surface area contributed by atoms with Crippen LogP contribution in [0.5, 0.6) is 11.5 Å². The third kappa shape index (κ3) is 4.05. The van der Waals surface area contributed by atoms with E-state index in [2.05, 4.69) is 5.32 Å². The molecule has 0 atom stereocenters. The number of halogens is 2. The van der Waals surface area contributed by atoms with E-state index in [1.165, 1.54) is 14.2 Å². The van der Waals surface area contributed by atoms with Crippen molar-refractivity contribution in [1.29, 1.82) is 0 Å². The van der Waals surface area contributed by atoms with E-state index in [1.807, 2.05) is 0 Å². The van der Waals surface area contributed by atoms with Gasteiger partial charge in [0.25, 0.3) is 5.91 Å². The number of hydrogen-bond acceptors (Lipinski definition) is 5. The van der Waals surface area contributed by atoms with Gasteiger partial charge in [-0.05, 0) is 36.4 Å². The molecule has 0 aliphatic heterocycles. The van der Waals surface area contributed by atoms with Crippen molar-refractivity contribution in [3.8, 4) is 11.5 Å². The molecule has 2 aromatic rings. The second kappa shape index (κ2) is 7.47. The monoisotopic (exact) mass is 371 g/mol. The number of benzene rings is 2. The SMILES string of the molecule is COc1ccc(OC)c(NC(=O)c2ccc(S(=O)(=O)C(F)F)cc2)c1. The molecule has 25 heavy (non-hydrogen) atoms. The standard InChI is InChI=1S/C16H15F2NO5S/c1-23-11-5-8-14(24-2)13(9-11)19-15(20)10-3-6-12(7-4-10)25(21,22)16(17)18/h3-9,16H,1-2H3,(H,19,20). The van der Waals surface area contributed by atoms with Gasteiger partial charge in [0.2, 0.25) is 9.84 Å². The average Bonchev–Trinajstić information content (AvgIpc) is 2.61. The van der Waals surface area contributed by atoms with E-state index >= 15 is 0 Å². The summed E-state index contributed by atoms with van der Waals surface area (Å²) in [6, 6.07) is 9.02. The lowest BCUT2D eigenvalue weighted by Gasteiger charge is -2.12. The van der Waals surface area contributed by atoms with Gasteiger partial charge in [-0.25, -0.2) is 8.42 Å². The number of rotatable bonds is 6. The van der Waals surface area contributed by atoms with Crippen molar-refractivity contribution in [1.82, 2.24) is 0 Å². The highest BCUT2D eigenvalue weighted by atomic mass is 32.2. The maximum atomic E-state index is 12.5. The zero-order valence-electron chi connectivity index (χ0n) is 13.3. The molecule has 0 bridgehead atoms. The van der Waals surface area contributed by atoms with Gasteiger partial charge in [-0.1, -0.05) is 0 Å². The largest absolute Gasteiger partial charge is 0.497 e. The number of amides is 1. The summed E-state index contributed by atoms with van der Waals surface area (Å²) < 4.78 is 58.0. The molecule has 0 aliphatic carbocycles. The van der Waals surface area contributed by atoms with Crippen LogP contribution in [0.15, 0.2) is 47.4 Å². The first kappa shape index (κ1) is 18.7. The van der Waals surface area contributed by atoms with Crippen LogP contribution in [-0.2, 0) is 9.84 Å². The number of carbonyl (C=O) groups is 1. The molecule has 6 nitrogen and oxygen atoms in total. The molecule has 0 aromatic heterocycles. The van der Waals surface area contributed by atoms with Crippen molar-refractivity contribution < 1.29 is 31.5 Å². The number of hydrogen-bond donors (Lipinski definition) is 1. The van der Waals surface area contributed by atoms with Crippen LogP contribution in [0.4, 0.5) is 14.5 Å². The van der Waals surface area contributed by atoms with Crippen molar-refractivity contribution in [2.45, 2.75) is 10.7 Å². The Morgan fingerprint density at radius 3 is 2.20 bits per heavy atom. The minimum atomic E-state index is -4.70. The molecule has 0 spiro atoms. The Morgan fingerprint density at radius 1 is 1.04 bits per heavy atom. The average molecular weight is 371 g/mol. The fourth-order valence-electron chi connectivity index (χ4n) is 2.01.